The normalized spacial score (nSPS) is 12.0. The Hall–Kier alpha value is -0.950. The molecule has 0 saturated heterocycles. The maximum absolute atomic E-state index is 12.2. The summed E-state index contributed by atoms with van der Waals surface area (Å²) >= 11 is 0. The minimum absolute atomic E-state index is 0.268. The summed E-state index contributed by atoms with van der Waals surface area (Å²) in [6.45, 7) is 3.51. The molecule has 1 aromatic rings. The average Bonchev–Trinajstić information content (AvgIpc) is 2.39. The van der Waals surface area contributed by atoms with Gasteiger partial charge in [-0.05, 0) is 24.6 Å². The zero-order chi connectivity index (χ0) is 13.6. The van der Waals surface area contributed by atoms with Crippen LogP contribution >= 0.6 is 0 Å². The highest BCUT2D eigenvalue weighted by atomic mass is 32.2. The summed E-state index contributed by atoms with van der Waals surface area (Å²) in [5.41, 5.74) is 6.31. The Morgan fingerprint density at radius 3 is 2.72 bits per heavy atom. The zero-order valence-corrected chi connectivity index (χ0v) is 11.6. The molecule has 0 atom stereocenters. The Morgan fingerprint density at radius 2 is 2.11 bits per heavy atom. The molecule has 0 aromatic heterocycles. The van der Waals surface area contributed by atoms with Crippen molar-refractivity contribution in [1.29, 1.82) is 0 Å². The van der Waals surface area contributed by atoms with Crippen molar-refractivity contribution in [1.82, 2.24) is 4.31 Å². The molecule has 5 nitrogen and oxygen atoms in total. The molecule has 0 aliphatic heterocycles. The highest BCUT2D eigenvalue weighted by Gasteiger charge is 2.20. The van der Waals surface area contributed by atoms with Gasteiger partial charge in [0.2, 0.25) is 10.0 Å². The molecule has 0 fully saturated rings. The second-order valence-electron chi connectivity index (χ2n) is 3.88. The number of hydrogen-bond donors (Lipinski definition) is 1. The van der Waals surface area contributed by atoms with E-state index in [0.29, 0.717) is 26.3 Å². The fourth-order valence-corrected chi connectivity index (χ4v) is 2.70. The molecule has 1 aromatic carbocycles. The molecule has 0 heterocycles. The molecule has 6 heteroatoms. The molecule has 1 rings (SSSR count). The molecular formula is C12H20N2O3S. The van der Waals surface area contributed by atoms with Crippen molar-refractivity contribution in [3.8, 4) is 0 Å². The van der Waals surface area contributed by atoms with Gasteiger partial charge < -0.3 is 10.5 Å². The van der Waals surface area contributed by atoms with Crippen LogP contribution in [0.5, 0.6) is 0 Å². The van der Waals surface area contributed by atoms with E-state index in [1.165, 1.54) is 4.31 Å². The Bertz CT molecular complexity index is 474. The Morgan fingerprint density at radius 1 is 1.39 bits per heavy atom. The first kappa shape index (κ1) is 15.1. The lowest BCUT2D eigenvalue weighted by Gasteiger charge is -2.17. The van der Waals surface area contributed by atoms with Crippen LogP contribution in [0, 0.1) is 0 Å². The van der Waals surface area contributed by atoms with E-state index in [1.54, 1.807) is 31.3 Å². The molecule has 2 N–H and O–H groups in total. The summed E-state index contributed by atoms with van der Waals surface area (Å²) in [5.74, 6) is 0. The van der Waals surface area contributed by atoms with Gasteiger partial charge in [0.25, 0.3) is 0 Å². The number of nitrogens with zero attached hydrogens (tertiary/aromatic N) is 1. The van der Waals surface area contributed by atoms with Crippen molar-refractivity contribution in [2.45, 2.75) is 18.4 Å². The Labute approximate surface area is 109 Å². The average molecular weight is 272 g/mol. The maximum Gasteiger partial charge on any atom is 0.242 e. The topological polar surface area (TPSA) is 72.6 Å². The number of nitrogens with two attached hydrogens (primary N) is 1. The summed E-state index contributed by atoms with van der Waals surface area (Å²) < 4.78 is 30.9. The molecular weight excluding hydrogens is 252 g/mol. The monoisotopic (exact) mass is 272 g/mol. The highest BCUT2D eigenvalue weighted by Crippen LogP contribution is 2.15. The predicted octanol–water partition coefficient (Wildman–Crippen LogP) is 0.802. The van der Waals surface area contributed by atoms with Gasteiger partial charge in [-0.2, -0.15) is 4.31 Å². The lowest BCUT2D eigenvalue weighted by Crippen LogP contribution is -2.30. The summed E-state index contributed by atoms with van der Waals surface area (Å²) in [4.78, 5) is 0.268. The third-order valence-corrected chi connectivity index (χ3v) is 4.45. The zero-order valence-electron chi connectivity index (χ0n) is 10.8. The molecule has 0 radical (unpaired) electrons. The van der Waals surface area contributed by atoms with Gasteiger partial charge in [-0.3, -0.25) is 0 Å². The van der Waals surface area contributed by atoms with E-state index in [-0.39, 0.29) is 4.90 Å². The number of ether oxygens (including phenoxy) is 1. The van der Waals surface area contributed by atoms with Gasteiger partial charge in [0.15, 0.2) is 0 Å². The quantitative estimate of drug-likeness (QED) is 0.745. The van der Waals surface area contributed by atoms with Gasteiger partial charge in [-0.1, -0.05) is 12.1 Å². The second-order valence-corrected chi connectivity index (χ2v) is 5.92. The fourth-order valence-electron chi connectivity index (χ4n) is 1.47. The van der Waals surface area contributed by atoms with Crippen LogP contribution in [0.4, 0.5) is 0 Å². The van der Waals surface area contributed by atoms with Crippen LogP contribution in [-0.2, 0) is 21.3 Å². The summed E-state index contributed by atoms with van der Waals surface area (Å²) in [6, 6.07) is 6.68. The summed E-state index contributed by atoms with van der Waals surface area (Å²) in [7, 11) is -1.91. The number of benzene rings is 1. The number of rotatable bonds is 7. The number of hydrogen-bond acceptors (Lipinski definition) is 4. The van der Waals surface area contributed by atoms with Crippen molar-refractivity contribution in [2.75, 3.05) is 26.8 Å². The third kappa shape index (κ3) is 3.78. The highest BCUT2D eigenvalue weighted by molar-refractivity contribution is 7.89. The lowest BCUT2D eigenvalue weighted by atomic mass is 10.2. The van der Waals surface area contributed by atoms with Gasteiger partial charge in [-0.15, -0.1) is 0 Å². The smallest absolute Gasteiger partial charge is 0.242 e. The van der Waals surface area contributed by atoms with Crippen LogP contribution < -0.4 is 5.73 Å². The molecule has 0 unspecified atom stereocenters. The molecule has 0 aliphatic rings. The minimum Gasteiger partial charge on any atom is -0.380 e. The first-order valence-electron chi connectivity index (χ1n) is 5.85. The Balaban J connectivity index is 2.84. The predicted molar refractivity (Wildman–Crippen MR) is 70.6 cm³/mol. The van der Waals surface area contributed by atoms with Crippen molar-refractivity contribution >= 4 is 10.0 Å². The van der Waals surface area contributed by atoms with Crippen LogP contribution in [0.3, 0.4) is 0 Å². The SMILES string of the molecule is CCOCCN(C)S(=O)(=O)c1cccc(CN)c1. The summed E-state index contributed by atoms with van der Waals surface area (Å²) in [6.07, 6.45) is 0. The Kier molecular flexibility index (Phi) is 5.74. The van der Waals surface area contributed by atoms with Crippen molar-refractivity contribution in [2.24, 2.45) is 5.73 Å². The first-order chi connectivity index (χ1) is 8.52. The van der Waals surface area contributed by atoms with E-state index in [9.17, 15) is 8.42 Å². The van der Waals surface area contributed by atoms with Crippen LogP contribution in [0.2, 0.25) is 0 Å². The summed E-state index contributed by atoms with van der Waals surface area (Å²) in [5, 5.41) is 0. The minimum atomic E-state index is -3.45. The van der Waals surface area contributed by atoms with Gasteiger partial charge in [0.05, 0.1) is 11.5 Å². The first-order valence-corrected chi connectivity index (χ1v) is 7.29. The van der Waals surface area contributed by atoms with Gasteiger partial charge in [0.1, 0.15) is 0 Å². The standard InChI is InChI=1S/C12H20N2O3S/c1-3-17-8-7-14(2)18(15,16)12-6-4-5-11(9-12)10-13/h4-6,9H,3,7-8,10,13H2,1-2H3. The van der Waals surface area contributed by atoms with E-state index in [2.05, 4.69) is 0 Å². The largest absolute Gasteiger partial charge is 0.380 e. The van der Waals surface area contributed by atoms with Gasteiger partial charge >= 0.3 is 0 Å². The molecule has 0 saturated carbocycles. The maximum atomic E-state index is 12.2. The van der Waals surface area contributed by atoms with E-state index in [1.807, 2.05) is 6.92 Å². The number of sulfonamides is 1. The van der Waals surface area contributed by atoms with Crippen LogP contribution in [0.1, 0.15) is 12.5 Å². The molecule has 18 heavy (non-hydrogen) atoms. The fraction of sp³-hybridized carbons (Fsp3) is 0.500. The third-order valence-electron chi connectivity index (χ3n) is 2.60. The van der Waals surface area contributed by atoms with Crippen molar-refractivity contribution in [3.05, 3.63) is 29.8 Å². The lowest BCUT2D eigenvalue weighted by molar-refractivity contribution is 0.138. The van der Waals surface area contributed by atoms with E-state index in [0.717, 1.165) is 5.56 Å². The second kappa shape index (κ2) is 6.84. The van der Waals surface area contributed by atoms with Gasteiger partial charge in [0, 0.05) is 26.7 Å². The van der Waals surface area contributed by atoms with Crippen LogP contribution in [-0.4, -0.2) is 39.5 Å². The molecule has 0 aliphatic carbocycles. The molecule has 0 bridgehead atoms. The van der Waals surface area contributed by atoms with E-state index >= 15 is 0 Å². The van der Waals surface area contributed by atoms with Crippen LogP contribution in [0.25, 0.3) is 0 Å². The van der Waals surface area contributed by atoms with Crippen molar-refractivity contribution in [3.63, 3.8) is 0 Å². The van der Waals surface area contributed by atoms with Crippen LogP contribution in [0.15, 0.2) is 29.2 Å². The molecule has 0 spiro atoms. The van der Waals surface area contributed by atoms with E-state index in [4.69, 9.17) is 10.5 Å². The molecule has 0 amide bonds. The number of likely N-dealkylation sites (N-methyl/N-ethyl adjacent to an activating group) is 1. The molecule has 102 valence electrons. The van der Waals surface area contributed by atoms with Crippen molar-refractivity contribution < 1.29 is 13.2 Å². The van der Waals surface area contributed by atoms with E-state index < -0.39 is 10.0 Å². The van der Waals surface area contributed by atoms with Gasteiger partial charge in [-0.25, -0.2) is 8.42 Å².